The number of hydrogen-bond donors (Lipinski definition) is 3. The molecule has 0 aliphatic heterocycles. The van der Waals surface area contributed by atoms with Gasteiger partial charge in [0.2, 0.25) is 5.96 Å². The summed E-state index contributed by atoms with van der Waals surface area (Å²) >= 11 is 0. The smallest absolute Gasteiger partial charge is 0.369 e. The summed E-state index contributed by atoms with van der Waals surface area (Å²) in [5.74, 6) is -0.741. The Morgan fingerprint density at radius 2 is 1.38 bits per heavy atom. The van der Waals surface area contributed by atoms with Crippen LogP contribution in [0, 0.1) is 0 Å². The van der Waals surface area contributed by atoms with Crippen molar-refractivity contribution in [2.75, 3.05) is 0 Å². The average molecular weight is 314 g/mol. The molecule has 116 valence electrons. The van der Waals surface area contributed by atoms with Crippen LogP contribution < -0.4 is 16.8 Å². The van der Waals surface area contributed by atoms with Gasteiger partial charge in [-0.3, -0.25) is 5.32 Å². The molecule has 1 rings (SSSR count). The molecule has 0 aliphatic rings. The van der Waals surface area contributed by atoms with Gasteiger partial charge in [0.15, 0.2) is 0 Å². The number of aliphatic imine (C=N–C) groups is 1. The molecule has 0 radical (unpaired) electrons. The lowest BCUT2D eigenvalue weighted by Crippen LogP contribution is -2.39. The number of alkyl halides is 6. The quantitative estimate of drug-likeness (QED) is 0.421. The van der Waals surface area contributed by atoms with Crippen molar-refractivity contribution in [3.05, 3.63) is 29.3 Å². The molecule has 0 heterocycles. The van der Waals surface area contributed by atoms with Crippen molar-refractivity contribution < 1.29 is 31.1 Å². The summed E-state index contributed by atoms with van der Waals surface area (Å²) in [7, 11) is 0. The molecule has 0 spiro atoms. The Balaban J connectivity index is 3.36. The van der Waals surface area contributed by atoms with Gasteiger partial charge >= 0.3 is 18.4 Å². The van der Waals surface area contributed by atoms with E-state index >= 15 is 0 Å². The number of nitrogens with one attached hydrogen (secondary N) is 1. The van der Waals surface area contributed by atoms with E-state index in [2.05, 4.69) is 10.7 Å². The summed E-state index contributed by atoms with van der Waals surface area (Å²) in [5, 5.41) is 1.71. The first-order valence-electron chi connectivity index (χ1n) is 5.09. The van der Waals surface area contributed by atoms with Crippen LogP contribution in [0.4, 0.5) is 36.8 Å². The molecule has 0 fully saturated rings. The highest BCUT2D eigenvalue weighted by molar-refractivity contribution is 5.95. The molecule has 0 atom stereocenters. The third-order valence-corrected chi connectivity index (χ3v) is 2.07. The number of carbonyl (C=O) groups is 1. The van der Waals surface area contributed by atoms with E-state index in [1.165, 1.54) is 0 Å². The van der Waals surface area contributed by atoms with Gasteiger partial charge in [0.05, 0.1) is 16.8 Å². The Hall–Kier alpha value is -2.46. The summed E-state index contributed by atoms with van der Waals surface area (Å²) < 4.78 is 75.3. The monoisotopic (exact) mass is 314 g/mol. The van der Waals surface area contributed by atoms with Crippen LogP contribution in [0.15, 0.2) is 23.2 Å². The van der Waals surface area contributed by atoms with Crippen molar-refractivity contribution >= 4 is 17.7 Å². The molecule has 1 aromatic carbocycles. The number of guanidine groups is 1. The molecule has 0 bridgehead atoms. The zero-order chi connectivity index (χ0) is 16.4. The number of nitrogens with two attached hydrogens (primary N) is 2. The fourth-order valence-corrected chi connectivity index (χ4v) is 1.30. The first-order chi connectivity index (χ1) is 9.39. The fourth-order valence-electron chi connectivity index (χ4n) is 1.30. The second kappa shape index (κ2) is 5.50. The van der Waals surface area contributed by atoms with E-state index in [1.54, 1.807) is 5.32 Å². The molecule has 0 saturated carbocycles. The Morgan fingerprint density at radius 1 is 0.952 bits per heavy atom. The molecule has 0 saturated heterocycles. The number of primary amides is 1. The number of halogens is 6. The Bertz CT molecular complexity index is 546. The van der Waals surface area contributed by atoms with Gasteiger partial charge in [0.1, 0.15) is 0 Å². The van der Waals surface area contributed by atoms with Gasteiger partial charge in [-0.25, -0.2) is 9.79 Å². The molecular formula is C10H8F6N4O. The number of nitrogens with zero attached hydrogens (tertiary/aromatic N) is 1. The standard InChI is InChI=1S/C10H8F6N4O/c11-9(12,13)4-1-5(10(14,15)16)3-6(2-4)19-7(17)20-8(18)21/h1-3H,(H5,17,18,19,20,21). The van der Waals surface area contributed by atoms with Crippen LogP contribution >= 0.6 is 0 Å². The minimum atomic E-state index is -5.00. The first kappa shape index (κ1) is 16.6. The number of amides is 2. The van der Waals surface area contributed by atoms with Crippen molar-refractivity contribution in [2.24, 2.45) is 16.5 Å². The number of rotatable bonds is 1. The third kappa shape index (κ3) is 4.85. The zero-order valence-electron chi connectivity index (χ0n) is 10.0. The first-order valence-corrected chi connectivity index (χ1v) is 5.09. The SMILES string of the molecule is NC(=O)NC(N)=Nc1cc(C(F)(F)F)cc(C(F)(F)F)c1. The second-order valence-electron chi connectivity index (χ2n) is 3.75. The average Bonchev–Trinajstić information content (AvgIpc) is 2.24. The maximum atomic E-state index is 12.5. The van der Waals surface area contributed by atoms with Gasteiger partial charge < -0.3 is 11.5 Å². The van der Waals surface area contributed by atoms with Crippen LogP contribution in [0.1, 0.15) is 11.1 Å². The minimum absolute atomic E-state index is 0.0588. The summed E-state index contributed by atoms with van der Waals surface area (Å²) in [6.45, 7) is 0. The topological polar surface area (TPSA) is 93.5 Å². The van der Waals surface area contributed by atoms with Gasteiger partial charge in [0.25, 0.3) is 0 Å². The summed E-state index contributed by atoms with van der Waals surface area (Å²) in [4.78, 5) is 13.7. The lowest BCUT2D eigenvalue weighted by molar-refractivity contribution is -0.143. The highest BCUT2D eigenvalue weighted by Crippen LogP contribution is 2.38. The summed E-state index contributed by atoms with van der Waals surface area (Å²) in [6.07, 6.45) is -10.0. The normalized spacial score (nSPS) is 13.1. The number of hydrogen-bond acceptors (Lipinski definition) is 2. The molecule has 0 unspecified atom stereocenters. The number of urea groups is 1. The molecule has 2 amide bonds. The third-order valence-electron chi connectivity index (χ3n) is 2.07. The van der Waals surface area contributed by atoms with E-state index in [0.717, 1.165) is 0 Å². The van der Waals surface area contributed by atoms with E-state index < -0.39 is 41.2 Å². The largest absolute Gasteiger partial charge is 0.416 e. The highest BCUT2D eigenvalue weighted by Gasteiger charge is 2.36. The zero-order valence-corrected chi connectivity index (χ0v) is 10.0. The van der Waals surface area contributed by atoms with Crippen LogP contribution in [0.2, 0.25) is 0 Å². The molecule has 5 nitrogen and oxygen atoms in total. The van der Waals surface area contributed by atoms with Crippen LogP contribution in [0.3, 0.4) is 0 Å². The van der Waals surface area contributed by atoms with Crippen molar-refractivity contribution in [1.82, 2.24) is 5.32 Å². The van der Waals surface area contributed by atoms with E-state index in [0.29, 0.717) is 12.1 Å². The lowest BCUT2D eigenvalue weighted by atomic mass is 10.1. The van der Waals surface area contributed by atoms with E-state index in [4.69, 9.17) is 5.73 Å². The Labute approximate surface area is 113 Å². The Kier molecular flexibility index (Phi) is 4.35. The second-order valence-corrected chi connectivity index (χ2v) is 3.75. The lowest BCUT2D eigenvalue weighted by Gasteiger charge is -2.12. The molecule has 11 heteroatoms. The van der Waals surface area contributed by atoms with Gasteiger partial charge in [-0.1, -0.05) is 0 Å². The molecule has 1 aromatic rings. The molecule has 0 aromatic heterocycles. The van der Waals surface area contributed by atoms with Crippen molar-refractivity contribution in [1.29, 1.82) is 0 Å². The highest BCUT2D eigenvalue weighted by atomic mass is 19.4. The van der Waals surface area contributed by atoms with Crippen molar-refractivity contribution in [2.45, 2.75) is 12.4 Å². The van der Waals surface area contributed by atoms with E-state index in [9.17, 15) is 31.1 Å². The molecular weight excluding hydrogens is 306 g/mol. The van der Waals surface area contributed by atoms with E-state index in [1.807, 2.05) is 0 Å². The van der Waals surface area contributed by atoms with Crippen LogP contribution in [-0.2, 0) is 12.4 Å². The minimum Gasteiger partial charge on any atom is -0.369 e. The van der Waals surface area contributed by atoms with Crippen molar-refractivity contribution in [3.63, 3.8) is 0 Å². The van der Waals surface area contributed by atoms with Gasteiger partial charge in [-0.2, -0.15) is 26.3 Å². The molecule has 5 N–H and O–H groups in total. The Morgan fingerprint density at radius 3 is 1.71 bits per heavy atom. The summed E-state index contributed by atoms with van der Waals surface area (Å²) in [6, 6.07) is -0.522. The van der Waals surface area contributed by atoms with Crippen LogP contribution in [0.25, 0.3) is 0 Å². The number of benzene rings is 1. The van der Waals surface area contributed by atoms with Crippen LogP contribution in [0.5, 0.6) is 0 Å². The summed E-state index contributed by atoms with van der Waals surface area (Å²) in [5.41, 5.74) is 5.94. The van der Waals surface area contributed by atoms with Crippen LogP contribution in [-0.4, -0.2) is 12.0 Å². The molecule has 0 aliphatic carbocycles. The van der Waals surface area contributed by atoms with Gasteiger partial charge in [0, 0.05) is 0 Å². The fraction of sp³-hybridized carbons (Fsp3) is 0.200. The van der Waals surface area contributed by atoms with E-state index in [-0.39, 0.29) is 6.07 Å². The predicted molar refractivity (Wildman–Crippen MR) is 60.4 cm³/mol. The maximum absolute atomic E-state index is 12.5. The predicted octanol–water partition coefficient (Wildman–Crippen LogP) is 2.34. The van der Waals surface area contributed by atoms with Gasteiger partial charge in [-0.05, 0) is 18.2 Å². The van der Waals surface area contributed by atoms with Gasteiger partial charge in [-0.15, -0.1) is 0 Å². The number of carbonyl (C=O) groups excluding carboxylic acids is 1. The van der Waals surface area contributed by atoms with Crippen molar-refractivity contribution in [3.8, 4) is 0 Å². The maximum Gasteiger partial charge on any atom is 0.416 e. The molecule has 21 heavy (non-hydrogen) atoms.